The third-order valence-electron chi connectivity index (χ3n) is 2.99. The highest BCUT2D eigenvalue weighted by molar-refractivity contribution is 9.10. The van der Waals surface area contributed by atoms with Crippen LogP contribution in [0.3, 0.4) is 0 Å². The van der Waals surface area contributed by atoms with Gasteiger partial charge in [0.2, 0.25) is 10.0 Å². The van der Waals surface area contributed by atoms with Crippen molar-refractivity contribution in [1.29, 1.82) is 0 Å². The molecule has 0 aliphatic carbocycles. The predicted octanol–water partition coefficient (Wildman–Crippen LogP) is 2.16. The van der Waals surface area contributed by atoms with Crippen LogP contribution in [-0.4, -0.2) is 29.9 Å². The van der Waals surface area contributed by atoms with Gasteiger partial charge in [-0.15, -0.1) is 0 Å². The van der Waals surface area contributed by atoms with Gasteiger partial charge >= 0.3 is 0 Å². The molecule has 2 rings (SSSR count). The first-order valence-electron chi connectivity index (χ1n) is 6.19. The maximum atomic E-state index is 12.6. The molecule has 0 spiro atoms. The first kappa shape index (κ1) is 16.1. The van der Waals surface area contributed by atoms with Gasteiger partial charge in [0.1, 0.15) is 0 Å². The number of hydrogen-bond donors (Lipinski definition) is 1. The molecule has 0 aliphatic rings. The van der Waals surface area contributed by atoms with Crippen LogP contribution in [0, 0.1) is 0 Å². The largest absolute Gasteiger partial charge is 0.392 e. The fourth-order valence-electron chi connectivity index (χ4n) is 1.85. The number of benzene rings is 1. The molecule has 1 heterocycles. The van der Waals surface area contributed by atoms with E-state index in [0.29, 0.717) is 10.0 Å². The zero-order valence-electron chi connectivity index (χ0n) is 11.4. The average molecular weight is 371 g/mol. The summed E-state index contributed by atoms with van der Waals surface area (Å²) in [4.78, 5) is 4.11. The van der Waals surface area contributed by atoms with Gasteiger partial charge in [-0.1, -0.05) is 12.1 Å². The Morgan fingerprint density at radius 2 is 2.05 bits per heavy atom. The summed E-state index contributed by atoms with van der Waals surface area (Å²) in [5.41, 5.74) is 1.35. The van der Waals surface area contributed by atoms with Crippen molar-refractivity contribution in [3.63, 3.8) is 0 Å². The second-order valence-corrected chi connectivity index (χ2v) is 7.41. The average Bonchev–Trinajstić information content (AvgIpc) is 2.48. The summed E-state index contributed by atoms with van der Waals surface area (Å²) < 4.78 is 27.0. The van der Waals surface area contributed by atoms with Crippen LogP contribution in [0.5, 0.6) is 0 Å². The summed E-state index contributed by atoms with van der Waals surface area (Å²) in [5.74, 6) is 0. The van der Waals surface area contributed by atoms with E-state index >= 15 is 0 Å². The monoisotopic (exact) mass is 370 g/mol. The maximum absolute atomic E-state index is 12.6. The van der Waals surface area contributed by atoms with Crippen molar-refractivity contribution in [2.24, 2.45) is 0 Å². The Morgan fingerprint density at radius 1 is 1.29 bits per heavy atom. The molecule has 1 N–H and O–H groups in total. The second-order valence-electron chi connectivity index (χ2n) is 4.55. The van der Waals surface area contributed by atoms with E-state index in [2.05, 4.69) is 20.9 Å². The molecule has 112 valence electrons. The van der Waals surface area contributed by atoms with Gasteiger partial charge in [0, 0.05) is 30.5 Å². The Kier molecular flexibility index (Phi) is 5.10. The Balaban J connectivity index is 2.33. The number of aromatic nitrogens is 1. The molecular formula is C14H15BrN2O3S. The van der Waals surface area contributed by atoms with E-state index in [4.69, 9.17) is 5.11 Å². The van der Waals surface area contributed by atoms with Crippen molar-refractivity contribution in [2.45, 2.75) is 18.0 Å². The molecule has 0 atom stereocenters. The normalized spacial score (nSPS) is 11.8. The standard InChI is InChI=1S/C14H15BrN2O3S/c1-17(9-12-3-2-6-16-8-12)21(19,20)14-7-11(10-18)4-5-13(14)15/h2-8,18H,9-10H2,1H3. The zero-order valence-corrected chi connectivity index (χ0v) is 13.8. The zero-order chi connectivity index (χ0) is 15.5. The van der Waals surface area contributed by atoms with E-state index in [-0.39, 0.29) is 18.0 Å². The Labute approximate surface area is 132 Å². The van der Waals surface area contributed by atoms with Gasteiger partial charge in [-0.05, 0) is 45.3 Å². The van der Waals surface area contributed by atoms with Crippen LogP contribution in [-0.2, 0) is 23.2 Å². The van der Waals surface area contributed by atoms with Gasteiger partial charge in [-0.3, -0.25) is 4.98 Å². The molecule has 1 aromatic carbocycles. The molecule has 1 aromatic heterocycles. The van der Waals surface area contributed by atoms with Crippen LogP contribution in [0.15, 0.2) is 52.1 Å². The van der Waals surface area contributed by atoms with Crippen LogP contribution in [0.4, 0.5) is 0 Å². The number of rotatable bonds is 5. The molecule has 0 saturated heterocycles. The highest BCUT2D eigenvalue weighted by Gasteiger charge is 2.23. The fourth-order valence-corrected chi connectivity index (χ4v) is 3.98. The lowest BCUT2D eigenvalue weighted by Gasteiger charge is -2.18. The molecular weight excluding hydrogens is 356 g/mol. The molecule has 0 fully saturated rings. The molecule has 2 aromatic rings. The molecule has 0 bridgehead atoms. The fraction of sp³-hybridized carbons (Fsp3) is 0.214. The molecule has 7 heteroatoms. The lowest BCUT2D eigenvalue weighted by atomic mass is 10.2. The number of nitrogens with zero attached hydrogens (tertiary/aromatic N) is 2. The van der Waals surface area contributed by atoms with E-state index in [1.807, 2.05) is 6.07 Å². The second kappa shape index (κ2) is 6.65. The smallest absolute Gasteiger partial charge is 0.244 e. The predicted molar refractivity (Wildman–Crippen MR) is 83.0 cm³/mol. The number of hydrogen-bond acceptors (Lipinski definition) is 4. The van der Waals surface area contributed by atoms with Crippen molar-refractivity contribution in [2.75, 3.05) is 7.05 Å². The van der Waals surface area contributed by atoms with E-state index in [1.54, 1.807) is 30.6 Å². The number of sulfonamides is 1. The van der Waals surface area contributed by atoms with Gasteiger partial charge in [-0.25, -0.2) is 8.42 Å². The number of halogens is 1. The van der Waals surface area contributed by atoms with Gasteiger partial charge in [0.05, 0.1) is 11.5 Å². The van der Waals surface area contributed by atoms with E-state index < -0.39 is 10.0 Å². The molecule has 0 amide bonds. The lowest BCUT2D eigenvalue weighted by molar-refractivity contribution is 0.281. The highest BCUT2D eigenvalue weighted by Crippen LogP contribution is 2.26. The first-order valence-corrected chi connectivity index (χ1v) is 8.43. The maximum Gasteiger partial charge on any atom is 0.244 e. The minimum absolute atomic E-state index is 0.139. The summed E-state index contributed by atoms with van der Waals surface area (Å²) in [7, 11) is -2.14. The summed E-state index contributed by atoms with van der Waals surface area (Å²) >= 11 is 3.25. The van der Waals surface area contributed by atoms with Crippen LogP contribution in [0.2, 0.25) is 0 Å². The van der Waals surface area contributed by atoms with Crippen molar-refractivity contribution < 1.29 is 13.5 Å². The third kappa shape index (κ3) is 3.68. The molecule has 0 saturated carbocycles. The summed E-state index contributed by atoms with van der Waals surface area (Å²) in [5, 5.41) is 9.16. The van der Waals surface area contributed by atoms with Crippen molar-refractivity contribution >= 4 is 26.0 Å². The van der Waals surface area contributed by atoms with E-state index in [1.165, 1.54) is 17.4 Å². The molecule has 21 heavy (non-hydrogen) atoms. The number of aliphatic hydroxyl groups is 1. The minimum Gasteiger partial charge on any atom is -0.392 e. The number of aliphatic hydroxyl groups excluding tert-OH is 1. The third-order valence-corrected chi connectivity index (χ3v) is 5.79. The SMILES string of the molecule is CN(Cc1cccnc1)S(=O)(=O)c1cc(CO)ccc1Br. The van der Waals surface area contributed by atoms with Crippen molar-refractivity contribution in [1.82, 2.24) is 9.29 Å². The van der Waals surface area contributed by atoms with Gasteiger partial charge in [-0.2, -0.15) is 4.31 Å². The Hall–Kier alpha value is -1.28. The summed E-state index contributed by atoms with van der Waals surface area (Å²) in [6.45, 7) is 0.0219. The van der Waals surface area contributed by atoms with E-state index in [9.17, 15) is 8.42 Å². The van der Waals surface area contributed by atoms with Crippen LogP contribution < -0.4 is 0 Å². The topological polar surface area (TPSA) is 70.5 Å². The van der Waals surface area contributed by atoms with Crippen LogP contribution >= 0.6 is 15.9 Å². The summed E-state index contributed by atoms with van der Waals surface area (Å²) in [6.07, 6.45) is 3.27. The minimum atomic E-state index is -3.65. The molecule has 0 radical (unpaired) electrons. The van der Waals surface area contributed by atoms with Crippen molar-refractivity contribution in [3.05, 3.63) is 58.3 Å². The first-order chi connectivity index (χ1) is 9.95. The van der Waals surface area contributed by atoms with Crippen molar-refractivity contribution in [3.8, 4) is 0 Å². The quantitative estimate of drug-likeness (QED) is 0.875. The Bertz CT molecular complexity index is 720. The highest BCUT2D eigenvalue weighted by atomic mass is 79.9. The van der Waals surface area contributed by atoms with E-state index in [0.717, 1.165) is 5.56 Å². The van der Waals surface area contributed by atoms with Crippen LogP contribution in [0.1, 0.15) is 11.1 Å². The Morgan fingerprint density at radius 3 is 2.67 bits per heavy atom. The summed E-state index contributed by atoms with van der Waals surface area (Å²) in [6, 6.07) is 8.34. The van der Waals surface area contributed by atoms with Gasteiger partial charge in [0.25, 0.3) is 0 Å². The van der Waals surface area contributed by atoms with Gasteiger partial charge < -0.3 is 5.11 Å². The van der Waals surface area contributed by atoms with Crippen LogP contribution in [0.25, 0.3) is 0 Å². The van der Waals surface area contributed by atoms with Gasteiger partial charge in [0.15, 0.2) is 0 Å². The number of pyridine rings is 1. The molecule has 0 unspecified atom stereocenters. The molecule has 5 nitrogen and oxygen atoms in total. The lowest BCUT2D eigenvalue weighted by Crippen LogP contribution is -2.27. The molecule has 0 aliphatic heterocycles.